The van der Waals surface area contributed by atoms with Gasteiger partial charge in [0.2, 0.25) is 0 Å². The standard InChI is InChI=1S/C13H28N2O2/c1-13(2,17-5)12(14-3)7-9-15-8-6-11(10-15)16-4/h11-12,14H,6-10H2,1-5H3. The SMILES string of the molecule is CNC(CCN1CCC(OC)C1)C(C)(C)OC. The highest BCUT2D eigenvalue weighted by molar-refractivity contribution is 4.86. The Morgan fingerprint density at radius 2 is 2.12 bits per heavy atom. The molecule has 2 atom stereocenters. The van der Waals surface area contributed by atoms with Crippen molar-refractivity contribution in [2.75, 3.05) is 40.9 Å². The fourth-order valence-electron chi connectivity index (χ4n) is 2.49. The lowest BCUT2D eigenvalue weighted by Crippen LogP contribution is -2.48. The molecule has 0 saturated carbocycles. The van der Waals surface area contributed by atoms with Crippen LogP contribution in [0.3, 0.4) is 0 Å². The van der Waals surface area contributed by atoms with Gasteiger partial charge < -0.3 is 19.7 Å². The molecule has 0 spiro atoms. The topological polar surface area (TPSA) is 33.7 Å². The van der Waals surface area contributed by atoms with E-state index in [2.05, 4.69) is 24.1 Å². The summed E-state index contributed by atoms with van der Waals surface area (Å²) in [5, 5.41) is 3.36. The second-order valence-corrected chi connectivity index (χ2v) is 5.38. The molecule has 1 aliphatic rings. The van der Waals surface area contributed by atoms with Gasteiger partial charge in [-0.1, -0.05) is 0 Å². The number of nitrogens with one attached hydrogen (secondary N) is 1. The third kappa shape index (κ3) is 4.21. The van der Waals surface area contributed by atoms with E-state index in [4.69, 9.17) is 9.47 Å². The lowest BCUT2D eigenvalue weighted by molar-refractivity contribution is -0.0126. The number of likely N-dealkylation sites (N-methyl/N-ethyl adjacent to an activating group) is 1. The number of likely N-dealkylation sites (tertiary alicyclic amines) is 1. The van der Waals surface area contributed by atoms with Crippen LogP contribution in [0.4, 0.5) is 0 Å². The molecule has 4 heteroatoms. The molecular weight excluding hydrogens is 216 g/mol. The molecule has 1 aliphatic heterocycles. The summed E-state index contributed by atoms with van der Waals surface area (Å²) in [5.41, 5.74) is -0.116. The molecule has 0 amide bonds. The van der Waals surface area contributed by atoms with E-state index >= 15 is 0 Å². The van der Waals surface area contributed by atoms with Gasteiger partial charge in [-0.15, -0.1) is 0 Å². The Hall–Kier alpha value is -0.160. The third-order valence-corrected chi connectivity index (χ3v) is 4.01. The highest BCUT2D eigenvalue weighted by Gasteiger charge is 2.29. The summed E-state index contributed by atoms with van der Waals surface area (Å²) in [6.45, 7) is 7.60. The molecular formula is C13H28N2O2. The molecule has 1 fully saturated rings. The molecule has 0 aromatic rings. The van der Waals surface area contributed by atoms with Crippen LogP contribution in [0.2, 0.25) is 0 Å². The van der Waals surface area contributed by atoms with E-state index in [-0.39, 0.29) is 5.60 Å². The zero-order valence-corrected chi connectivity index (χ0v) is 12.0. The maximum Gasteiger partial charge on any atom is 0.0775 e. The molecule has 0 bridgehead atoms. The maximum absolute atomic E-state index is 5.54. The van der Waals surface area contributed by atoms with Crippen LogP contribution in [0.15, 0.2) is 0 Å². The van der Waals surface area contributed by atoms with Crippen LogP contribution in [-0.2, 0) is 9.47 Å². The number of rotatable bonds is 7. The highest BCUT2D eigenvalue weighted by atomic mass is 16.5. The first-order valence-corrected chi connectivity index (χ1v) is 6.51. The van der Waals surface area contributed by atoms with Gasteiger partial charge in [0.1, 0.15) is 0 Å². The first kappa shape index (κ1) is 14.9. The van der Waals surface area contributed by atoms with Gasteiger partial charge in [0.05, 0.1) is 11.7 Å². The average Bonchev–Trinajstić information content (AvgIpc) is 2.77. The summed E-state index contributed by atoms with van der Waals surface area (Å²) in [6, 6.07) is 0.383. The largest absolute Gasteiger partial charge is 0.380 e. The Labute approximate surface area is 106 Å². The third-order valence-electron chi connectivity index (χ3n) is 4.01. The number of hydrogen-bond acceptors (Lipinski definition) is 4. The van der Waals surface area contributed by atoms with E-state index in [0.29, 0.717) is 12.1 Å². The predicted molar refractivity (Wildman–Crippen MR) is 70.4 cm³/mol. The number of methoxy groups -OCH3 is 2. The molecule has 0 aromatic heterocycles. The van der Waals surface area contributed by atoms with Gasteiger partial charge in [0.25, 0.3) is 0 Å². The highest BCUT2D eigenvalue weighted by Crippen LogP contribution is 2.18. The smallest absolute Gasteiger partial charge is 0.0775 e. The maximum atomic E-state index is 5.54. The van der Waals surface area contributed by atoms with Crippen molar-refractivity contribution in [3.63, 3.8) is 0 Å². The van der Waals surface area contributed by atoms with Crippen molar-refractivity contribution < 1.29 is 9.47 Å². The van der Waals surface area contributed by atoms with Crippen LogP contribution in [0.1, 0.15) is 26.7 Å². The van der Waals surface area contributed by atoms with Gasteiger partial charge in [0.15, 0.2) is 0 Å². The minimum atomic E-state index is -0.116. The van der Waals surface area contributed by atoms with Gasteiger partial charge in [-0.2, -0.15) is 0 Å². The average molecular weight is 244 g/mol. The molecule has 0 aliphatic carbocycles. The molecule has 17 heavy (non-hydrogen) atoms. The Bertz CT molecular complexity index is 221. The van der Waals surface area contributed by atoms with E-state index in [1.165, 1.54) is 0 Å². The lowest BCUT2D eigenvalue weighted by atomic mass is 9.95. The first-order valence-electron chi connectivity index (χ1n) is 6.51. The molecule has 1 saturated heterocycles. The summed E-state index contributed by atoms with van der Waals surface area (Å²) < 4.78 is 10.9. The van der Waals surface area contributed by atoms with Crippen molar-refractivity contribution >= 4 is 0 Å². The van der Waals surface area contributed by atoms with Gasteiger partial charge >= 0.3 is 0 Å². The summed E-state index contributed by atoms with van der Waals surface area (Å²) in [6.07, 6.45) is 2.70. The van der Waals surface area contributed by atoms with Crippen LogP contribution in [-0.4, -0.2) is 63.5 Å². The zero-order chi connectivity index (χ0) is 12.9. The molecule has 0 aromatic carbocycles. The first-order chi connectivity index (χ1) is 8.03. The van der Waals surface area contributed by atoms with Crippen LogP contribution in [0.5, 0.6) is 0 Å². The zero-order valence-electron chi connectivity index (χ0n) is 12.0. The minimum Gasteiger partial charge on any atom is -0.380 e. The van der Waals surface area contributed by atoms with Crippen molar-refractivity contribution in [2.24, 2.45) is 0 Å². The summed E-state index contributed by atoms with van der Waals surface area (Å²) >= 11 is 0. The van der Waals surface area contributed by atoms with Gasteiger partial charge in [-0.3, -0.25) is 0 Å². The van der Waals surface area contributed by atoms with Crippen LogP contribution >= 0.6 is 0 Å². The van der Waals surface area contributed by atoms with Crippen LogP contribution < -0.4 is 5.32 Å². The Kier molecular flexibility index (Phi) is 5.86. The van der Waals surface area contributed by atoms with E-state index in [9.17, 15) is 0 Å². The van der Waals surface area contributed by atoms with E-state index in [1.807, 2.05) is 7.05 Å². The van der Waals surface area contributed by atoms with Gasteiger partial charge in [-0.05, 0) is 40.3 Å². The Balaban J connectivity index is 2.34. The van der Waals surface area contributed by atoms with Gasteiger partial charge in [0, 0.05) is 33.4 Å². The number of hydrogen-bond donors (Lipinski definition) is 1. The molecule has 1 N–H and O–H groups in total. The molecule has 1 rings (SSSR count). The van der Waals surface area contributed by atoms with E-state index in [0.717, 1.165) is 32.5 Å². The molecule has 2 unspecified atom stereocenters. The quantitative estimate of drug-likeness (QED) is 0.727. The van der Waals surface area contributed by atoms with E-state index in [1.54, 1.807) is 14.2 Å². The summed E-state index contributed by atoms with van der Waals surface area (Å²) in [7, 11) is 5.59. The van der Waals surface area contributed by atoms with Gasteiger partial charge in [-0.25, -0.2) is 0 Å². The van der Waals surface area contributed by atoms with Crippen molar-refractivity contribution in [2.45, 2.75) is 44.4 Å². The normalized spacial score (nSPS) is 24.2. The Morgan fingerprint density at radius 1 is 1.41 bits per heavy atom. The molecule has 1 heterocycles. The monoisotopic (exact) mass is 244 g/mol. The minimum absolute atomic E-state index is 0.116. The van der Waals surface area contributed by atoms with Crippen molar-refractivity contribution in [1.82, 2.24) is 10.2 Å². The van der Waals surface area contributed by atoms with Crippen molar-refractivity contribution in [3.05, 3.63) is 0 Å². The number of nitrogens with zero attached hydrogens (tertiary/aromatic N) is 1. The summed E-state index contributed by atoms with van der Waals surface area (Å²) in [4.78, 5) is 2.48. The fourth-order valence-corrected chi connectivity index (χ4v) is 2.49. The van der Waals surface area contributed by atoms with Crippen LogP contribution in [0, 0.1) is 0 Å². The second-order valence-electron chi connectivity index (χ2n) is 5.38. The fraction of sp³-hybridized carbons (Fsp3) is 1.00. The predicted octanol–water partition coefficient (Wildman–Crippen LogP) is 1.11. The molecule has 102 valence electrons. The van der Waals surface area contributed by atoms with Crippen LogP contribution in [0.25, 0.3) is 0 Å². The van der Waals surface area contributed by atoms with E-state index < -0.39 is 0 Å². The summed E-state index contributed by atoms with van der Waals surface area (Å²) in [5.74, 6) is 0. The number of ether oxygens (including phenoxy) is 2. The second kappa shape index (κ2) is 6.69. The Morgan fingerprint density at radius 3 is 2.59 bits per heavy atom. The molecule has 4 nitrogen and oxygen atoms in total. The lowest BCUT2D eigenvalue weighted by Gasteiger charge is -2.34. The van der Waals surface area contributed by atoms with Crippen molar-refractivity contribution in [1.29, 1.82) is 0 Å². The molecule has 0 radical (unpaired) electrons. The van der Waals surface area contributed by atoms with Crippen molar-refractivity contribution in [3.8, 4) is 0 Å².